The first kappa shape index (κ1) is 108. The molecule has 105 heavy (non-hydrogen) atoms. The number of carbonyl (C=O) groups excluding carboxylic acids is 2. The molecule has 34 heteroatoms. The Labute approximate surface area is 675 Å². The van der Waals surface area contributed by atoms with Gasteiger partial charge in [0.15, 0.2) is 166 Å². The van der Waals surface area contributed by atoms with Gasteiger partial charge >= 0.3 is 0 Å². The zero-order valence-electron chi connectivity index (χ0n) is 78.5. The van der Waals surface area contributed by atoms with Crippen molar-refractivity contribution in [3.05, 3.63) is 0 Å². The van der Waals surface area contributed by atoms with Gasteiger partial charge in [0.2, 0.25) is 5.78 Å². The lowest BCUT2D eigenvalue weighted by molar-refractivity contribution is -0.890. The summed E-state index contributed by atoms with van der Waals surface area (Å²) >= 11 is 0. The maximum Gasteiger partial charge on any atom is 0.287 e. The molecule has 628 valence electrons. The average molecular weight is 1820 g/mol. The predicted molar refractivity (Wildman–Crippen MR) is 517 cm³/mol. The minimum atomic E-state index is -1.95. The van der Waals surface area contributed by atoms with E-state index in [2.05, 4.69) is 288 Å². The molecule has 0 atom stereocenters. The first-order valence-corrected chi connectivity index (χ1v) is 104. The van der Waals surface area contributed by atoms with Crippen LogP contribution in [0.3, 0.4) is 0 Å². The van der Waals surface area contributed by atoms with Crippen molar-refractivity contribution in [2.24, 2.45) is 0 Å². The van der Waals surface area contributed by atoms with Crippen molar-refractivity contribution in [2.75, 3.05) is 33.7 Å². The molecule has 1 N–H and O–H groups in total. The minimum Gasteiger partial charge on any atom is -0.456 e. The standard InChI is InChI=1S/C71H182N2O12Si20/c1-70(74)71(75)72-48-47-50-73(2,3)49-45-46-51-87(7,8)77-89(11,12)54-55-91(15,16)79-93(19,20)58-59-95(23,24)81-97(27,28)62-63-99(31,32)83-101(35,36)66-67-103(39,40)85-105(43,44)69-68-104(41,42)84-102(37,38)65-64-100(33,34)82-98(29,30)61-60-96(25,26)80-94(21,22)57-56-92(17,18)78-90(13,14)53-52-88(9,10)76-86(4,5)6/h45-69H2,1-44H3/p+1. The van der Waals surface area contributed by atoms with E-state index in [1.54, 1.807) is 0 Å². The molecule has 0 unspecified atom stereocenters. The fourth-order valence-corrected chi connectivity index (χ4v) is 129. The molecule has 0 heterocycles. The zero-order chi connectivity index (χ0) is 83.1. The highest BCUT2D eigenvalue weighted by Gasteiger charge is 2.47. The van der Waals surface area contributed by atoms with Crippen LogP contribution in [0.5, 0.6) is 0 Å². The van der Waals surface area contributed by atoms with E-state index in [-0.39, 0.29) is 0 Å². The third kappa shape index (κ3) is 54.6. The quantitative estimate of drug-likeness (QED) is 0.0268. The van der Waals surface area contributed by atoms with Crippen molar-refractivity contribution in [1.82, 2.24) is 5.32 Å². The summed E-state index contributed by atoms with van der Waals surface area (Å²) in [5.41, 5.74) is 0. The lowest BCUT2D eigenvalue weighted by Crippen LogP contribution is -2.51. The largest absolute Gasteiger partial charge is 0.456 e. The van der Waals surface area contributed by atoms with E-state index in [4.69, 9.17) is 41.2 Å². The Kier molecular flexibility index (Phi) is 42.3. The molecule has 0 saturated carbocycles. The second-order valence-electron chi connectivity index (χ2n) is 46.1. The SMILES string of the molecule is CC(=O)C(=O)NCCC[N+](C)(C)CCCC[Si](C)(C)O[Si](C)(C)CC[Si](C)(C)O[Si](C)(C)CC[Si](C)(C)O[Si](C)(C)CC[Si](C)(C)O[Si](C)(C)CC[Si](C)(C)O[Si](C)(C)CC[Si](C)(C)O[Si](C)(C)CC[Si](C)(C)O[Si](C)(C)CC[Si](C)(C)O[Si](C)(C)CC[Si](C)(C)O[Si](C)(C)CC[Si](C)(C)O[Si](C)(C)C. The fraction of sp³-hybridized carbons (Fsp3) is 0.972. The van der Waals surface area contributed by atoms with Crippen LogP contribution in [-0.4, -0.2) is 216 Å². The summed E-state index contributed by atoms with van der Waals surface area (Å²) < 4.78 is 73.7. The molecule has 0 fully saturated rings. The number of Topliss-reactive ketones (excluding diaryl/α,β-unsaturated/α-hetero) is 1. The Balaban J connectivity index is 5.30. The van der Waals surface area contributed by atoms with Crippen LogP contribution < -0.4 is 5.32 Å². The van der Waals surface area contributed by atoms with Crippen molar-refractivity contribution >= 4 is 178 Å². The number of hydrogen-bond acceptors (Lipinski definition) is 12. The van der Waals surface area contributed by atoms with Crippen molar-refractivity contribution in [3.63, 3.8) is 0 Å². The van der Waals surface area contributed by atoms with Crippen LogP contribution in [0, 0.1) is 0 Å². The maximum absolute atomic E-state index is 11.6. The Bertz CT molecular complexity index is 2630. The van der Waals surface area contributed by atoms with Crippen LogP contribution in [0.15, 0.2) is 0 Å². The molecular formula is C71H183N2O12Si20+. The second-order valence-corrected chi connectivity index (χ2v) is 135. The average Bonchev–Trinajstić information content (AvgIpc) is 0.829. The molecule has 0 saturated heterocycles. The summed E-state index contributed by atoms with van der Waals surface area (Å²) in [6.45, 7) is 105. The van der Waals surface area contributed by atoms with Gasteiger partial charge in [-0.1, -0.05) is 0 Å². The third-order valence-electron chi connectivity index (χ3n) is 20.9. The van der Waals surface area contributed by atoms with Gasteiger partial charge in [0.25, 0.3) is 5.91 Å². The molecule has 0 aliphatic carbocycles. The second kappa shape index (κ2) is 41.1. The number of unbranched alkanes of at least 4 members (excludes halogenated alkanes) is 1. The number of carbonyl (C=O) groups is 2. The summed E-state index contributed by atoms with van der Waals surface area (Å²) in [6, 6.07) is 22.4. The Morgan fingerprint density at radius 1 is 0.219 bits per heavy atom. The molecule has 0 bridgehead atoms. The molecule has 0 aliphatic rings. The molecule has 1 amide bonds. The van der Waals surface area contributed by atoms with Gasteiger partial charge < -0.3 is 51.0 Å². The number of amides is 1. The van der Waals surface area contributed by atoms with E-state index < -0.39 is 178 Å². The Hall–Kier alpha value is 3.04. The van der Waals surface area contributed by atoms with Crippen LogP contribution in [0.4, 0.5) is 0 Å². The third-order valence-corrected chi connectivity index (χ3v) is 97.5. The summed E-state index contributed by atoms with van der Waals surface area (Å²) in [4.78, 5) is 22.9. The molecular weight excluding hydrogens is 1630 g/mol. The molecule has 0 aliphatic heterocycles. The van der Waals surface area contributed by atoms with Crippen molar-refractivity contribution in [3.8, 4) is 0 Å². The van der Waals surface area contributed by atoms with Gasteiger partial charge in [-0.15, -0.1) is 0 Å². The highest BCUT2D eigenvalue weighted by Crippen LogP contribution is 2.39. The molecule has 0 rings (SSSR count). The van der Waals surface area contributed by atoms with Crippen molar-refractivity contribution in [2.45, 2.75) is 409 Å². The topological polar surface area (TPSA) is 138 Å². The molecule has 0 spiro atoms. The summed E-state index contributed by atoms with van der Waals surface area (Å²) in [6.07, 6.45) is 3.23. The molecule has 0 aromatic rings. The highest BCUT2D eigenvalue weighted by molar-refractivity contribution is 6.94. The fourth-order valence-electron chi connectivity index (χ4n) is 16.0. The number of nitrogens with zero attached hydrogens (tertiary/aromatic N) is 1. The lowest BCUT2D eigenvalue weighted by atomic mass is 10.2. The number of nitrogens with one attached hydrogen (secondary N) is 1. The van der Waals surface area contributed by atoms with Gasteiger partial charge in [-0.3, -0.25) is 9.59 Å². The normalized spacial score (nSPS) is 15.3. The Morgan fingerprint density at radius 2 is 0.362 bits per heavy atom. The predicted octanol–water partition coefficient (Wildman–Crippen LogP) is 24.8. The van der Waals surface area contributed by atoms with Crippen LogP contribution in [-0.2, 0) is 50.7 Å². The lowest BCUT2D eigenvalue weighted by Gasteiger charge is -2.41. The number of hydrogen-bond donors (Lipinski definition) is 1. The molecule has 14 nitrogen and oxygen atoms in total. The number of quaternary nitrogens is 1. The maximum atomic E-state index is 11.6. The summed E-state index contributed by atoms with van der Waals surface area (Å²) in [7, 11) is -33.1. The summed E-state index contributed by atoms with van der Waals surface area (Å²) in [5, 5.41) is 2.73. The van der Waals surface area contributed by atoms with Gasteiger partial charge in [0.05, 0.1) is 27.2 Å². The zero-order valence-corrected chi connectivity index (χ0v) is 98.5. The van der Waals surface area contributed by atoms with Gasteiger partial charge in [-0.25, -0.2) is 0 Å². The number of ketones is 1. The van der Waals surface area contributed by atoms with Crippen LogP contribution in [0.1, 0.15) is 26.2 Å². The molecule has 0 aromatic heterocycles. The minimum absolute atomic E-state index is 0.426. The molecule has 0 aromatic carbocycles. The van der Waals surface area contributed by atoms with Crippen LogP contribution in [0.2, 0.25) is 383 Å². The van der Waals surface area contributed by atoms with Gasteiger partial charge in [-0.05, 0) is 396 Å². The van der Waals surface area contributed by atoms with E-state index >= 15 is 0 Å². The van der Waals surface area contributed by atoms with Crippen LogP contribution in [0.25, 0.3) is 0 Å². The monoisotopic (exact) mass is 1820 g/mol. The van der Waals surface area contributed by atoms with E-state index in [1.807, 2.05) is 0 Å². The first-order chi connectivity index (χ1) is 46.0. The van der Waals surface area contributed by atoms with E-state index in [0.29, 0.717) is 6.54 Å². The van der Waals surface area contributed by atoms with E-state index in [1.165, 1.54) is 135 Å². The van der Waals surface area contributed by atoms with Gasteiger partial charge in [0.1, 0.15) is 0 Å². The smallest absolute Gasteiger partial charge is 0.287 e. The Morgan fingerprint density at radius 3 is 0.514 bits per heavy atom. The summed E-state index contributed by atoms with van der Waals surface area (Å²) in [5.74, 6) is -0.908. The number of rotatable bonds is 57. The van der Waals surface area contributed by atoms with E-state index in [9.17, 15) is 9.59 Å². The van der Waals surface area contributed by atoms with Gasteiger partial charge in [0, 0.05) is 19.9 Å². The van der Waals surface area contributed by atoms with Crippen LogP contribution >= 0.6 is 0 Å². The van der Waals surface area contributed by atoms with E-state index in [0.717, 1.165) is 24.0 Å². The first-order valence-electron chi connectivity index (χ1n) is 41.6. The van der Waals surface area contributed by atoms with Crippen molar-refractivity contribution < 1.29 is 55.2 Å². The molecule has 0 radical (unpaired) electrons. The van der Waals surface area contributed by atoms with Crippen molar-refractivity contribution in [1.29, 1.82) is 0 Å². The highest BCUT2D eigenvalue weighted by atomic mass is 28.5. The van der Waals surface area contributed by atoms with Gasteiger partial charge in [-0.2, -0.15) is 0 Å².